The minimum absolute atomic E-state index is 0.0119. The first-order valence-corrected chi connectivity index (χ1v) is 11.6. The Balaban J connectivity index is 1.50. The maximum atomic E-state index is 12.6. The zero-order chi connectivity index (χ0) is 21.6. The number of benzene rings is 2. The first kappa shape index (κ1) is 22.1. The summed E-state index contributed by atoms with van der Waals surface area (Å²) in [5.74, 6) is -0.172. The van der Waals surface area contributed by atoms with Gasteiger partial charge in [0.25, 0.3) is 0 Å². The second-order valence-corrected chi connectivity index (χ2v) is 9.53. The zero-order valence-corrected chi connectivity index (χ0v) is 18.3. The van der Waals surface area contributed by atoms with Crippen LogP contribution in [0.15, 0.2) is 60.0 Å². The standard InChI is InChI=1S/C23H29N3O3S/c1-25(2)22-10-6-9-20(17-22)18-24-23(27)21-11-14-26(15-12-21)30(28,29)16-13-19-7-4-3-5-8-19/h3-10,13,16-17,21H,11-12,14-15,18H2,1-2H3,(H,24,27)/b16-13+. The Bertz CT molecular complexity index is 980. The van der Waals surface area contributed by atoms with E-state index in [0.29, 0.717) is 32.5 Å². The summed E-state index contributed by atoms with van der Waals surface area (Å²) in [4.78, 5) is 14.6. The average Bonchev–Trinajstić information content (AvgIpc) is 2.77. The van der Waals surface area contributed by atoms with Crippen LogP contribution in [0.25, 0.3) is 6.08 Å². The van der Waals surface area contributed by atoms with Crippen LogP contribution in [0.5, 0.6) is 0 Å². The predicted octanol–water partition coefficient (Wildman–Crippen LogP) is 3.08. The molecule has 0 atom stereocenters. The van der Waals surface area contributed by atoms with E-state index in [4.69, 9.17) is 0 Å². The molecule has 0 unspecified atom stereocenters. The van der Waals surface area contributed by atoms with Crippen LogP contribution in [0.2, 0.25) is 0 Å². The van der Waals surface area contributed by atoms with Gasteiger partial charge in [0.2, 0.25) is 15.9 Å². The van der Waals surface area contributed by atoms with Gasteiger partial charge in [-0.3, -0.25) is 4.79 Å². The van der Waals surface area contributed by atoms with Crippen molar-refractivity contribution in [1.29, 1.82) is 0 Å². The lowest BCUT2D eigenvalue weighted by molar-refractivity contribution is -0.126. The lowest BCUT2D eigenvalue weighted by atomic mass is 9.97. The highest BCUT2D eigenvalue weighted by molar-refractivity contribution is 7.92. The molecule has 1 fully saturated rings. The first-order valence-electron chi connectivity index (χ1n) is 10.1. The summed E-state index contributed by atoms with van der Waals surface area (Å²) in [5, 5.41) is 4.25. The number of sulfonamides is 1. The summed E-state index contributed by atoms with van der Waals surface area (Å²) in [7, 11) is 0.479. The molecule has 0 radical (unpaired) electrons. The molecule has 1 N–H and O–H groups in total. The van der Waals surface area contributed by atoms with Gasteiger partial charge in [-0.2, -0.15) is 4.31 Å². The molecule has 2 aromatic carbocycles. The molecule has 1 heterocycles. The molecule has 2 aromatic rings. The minimum atomic E-state index is -3.48. The molecule has 1 aliphatic heterocycles. The predicted molar refractivity (Wildman–Crippen MR) is 121 cm³/mol. The maximum Gasteiger partial charge on any atom is 0.236 e. The molecule has 0 saturated carbocycles. The number of carbonyl (C=O) groups excluding carboxylic acids is 1. The van der Waals surface area contributed by atoms with Crippen LogP contribution in [0.3, 0.4) is 0 Å². The normalized spacial score (nSPS) is 15.9. The molecule has 1 saturated heterocycles. The molecule has 7 heteroatoms. The van der Waals surface area contributed by atoms with Crippen molar-refractivity contribution in [3.05, 3.63) is 71.1 Å². The first-order chi connectivity index (χ1) is 14.3. The van der Waals surface area contributed by atoms with E-state index in [1.54, 1.807) is 6.08 Å². The third kappa shape index (κ3) is 5.93. The zero-order valence-electron chi connectivity index (χ0n) is 17.5. The topological polar surface area (TPSA) is 69.7 Å². The van der Waals surface area contributed by atoms with Crippen molar-refractivity contribution in [2.45, 2.75) is 19.4 Å². The SMILES string of the molecule is CN(C)c1cccc(CNC(=O)C2CCN(S(=O)(=O)/C=C/c3ccccc3)CC2)c1. The van der Waals surface area contributed by atoms with Crippen LogP contribution >= 0.6 is 0 Å². The van der Waals surface area contributed by atoms with E-state index in [2.05, 4.69) is 11.4 Å². The molecular weight excluding hydrogens is 398 g/mol. The highest BCUT2D eigenvalue weighted by atomic mass is 32.2. The van der Waals surface area contributed by atoms with Crippen LogP contribution in [-0.4, -0.2) is 45.8 Å². The van der Waals surface area contributed by atoms with Crippen LogP contribution in [0.4, 0.5) is 5.69 Å². The summed E-state index contributed by atoms with van der Waals surface area (Å²) in [6.45, 7) is 1.18. The van der Waals surface area contributed by atoms with Crippen LogP contribution < -0.4 is 10.2 Å². The molecule has 0 aromatic heterocycles. The number of anilines is 1. The van der Waals surface area contributed by atoms with Gasteiger partial charge in [-0.1, -0.05) is 42.5 Å². The van der Waals surface area contributed by atoms with E-state index in [1.165, 1.54) is 9.71 Å². The fourth-order valence-corrected chi connectivity index (χ4v) is 4.69. The van der Waals surface area contributed by atoms with Gasteiger partial charge in [-0.05, 0) is 42.2 Å². The van der Waals surface area contributed by atoms with Crippen LogP contribution in [0.1, 0.15) is 24.0 Å². The van der Waals surface area contributed by atoms with Gasteiger partial charge in [0.05, 0.1) is 0 Å². The minimum Gasteiger partial charge on any atom is -0.378 e. The van der Waals surface area contributed by atoms with Crippen molar-refractivity contribution in [3.63, 3.8) is 0 Å². The Morgan fingerprint density at radius 2 is 1.80 bits per heavy atom. The molecule has 3 rings (SSSR count). The van der Waals surface area contributed by atoms with Crippen LogP contribution in [0, 0.1) is 5.92 Å². The molecule has 6 nitrogen and oxygen atoms in total. The third-order valence-electron chi connectivity index (χ3n) is 5.31. The fourth-order valence-electron chi connectivity index (χ4n) is 3.47. The molecule has 0 bridgehead atoms. The highest BCUT2D eigenvalue weighted by Crippen LogP contribution is 2.21. The number of carbonyl (C=O) groups is 1. The van der Waals surface area contributed by atoms with E-state index in [1.807, 2.05) is 67.5 Å². The summed E-state index contributed by atoms with van der Waals surface area (Å²) in [6, 6.07) is 17.4. The Labute approximate surface area is 179 Å². The highest BCUT2D eigenvalue weighted by Gasteiger charge is 2.29. The van der Waals surface area contributed by atoms with E-state index < -0.39 is 10.0 Å². The monoisotopic (exact) mass is 427 g/mol. The third-order valence-corrected chi connectivity index (χ3v) is 6.88. The number of rotatable bonds is 7. The average molecular weight is 428 g/mol. The smallest absolute Gasteiger partial charge is 0.236 e. The van der Waals surface area contributed by atoms with Gasteiger partial charge in [-0.15, -0.1) is 0 Å². The summed E-state index contributed by atoms with van der Waals surface area (Å²) in [6.07, 6.45) is 2.67. The van der Waals surface area contributed by atoms with Crippen molar-refractivity contribution in [3.8, 4) is 0 Å². The number of piperidine rings is 1. The Morgan fingerprint density at radius 3 is 2.47 bits per heavy atom. The molecule has 0 spiro atoms. The molecule has 160 valence electrons. The van der Waals surface area contributed by atoms with E-state index in [-0.39, 0.29) is 11.8 Å². The Kier molecular flexibility index (Phi) is 7.29. The molecule has 1 amide bonds. The Morgan fingerprint density at radius 1 is 1.10 bits per heavy atom. The van der Waals surface area contributed by atoms with Gasteiger partial charge in [-0.25, -0.2) is 8.42 Å². The van der Waals surface area contributed by atoms with E-state index in [0.717, 1.165) is 16.8 Å². The largest absolute Gasteiger partial charge is 0.378 e. The van der Waals surface area contributed by atoms with Gasteiger partial charge in [0.15, 0.2) is 0 Å². The van der Waals surface area contributed by atoms with Gasteiger partial charge >= 0.3 is 0 Å². The van der Waals surface area contributed by atoms with Crippen LogP contribution in [-0.2, 0) is 21.4 Å². The van der Waals surface area contributed by atoms with Crippen molar-refractivity contribution < 1.29 is 13.2 Å². The summed E-state index contributed by atoms with van der Waals surface area (Å²) < 4.78 is 26.6. The number of hydrogen-bond acceptors (Lipinski definition) is 4. The molecule has 0 aliphatic carbocycles. The summed E-state index contributed by atoms with van der Waals surface area (Å²) in [5.41, 5.74) is 2.97. The molecular formula is C23H29N3O3S. The van der Waals surface area contributed by atoms with Gasteiger partial charge in [0.1, 0.15) is 0 Å². The lowest BCUT2D eigenvalue weighted by Gasteiger charge is -2.29. The fraction of sp³-hybridized carbons (Fsp3) is 0.348. The number of nitrogens with zero attached hydrogens (tertiary/aromatic N) is 2. The summed E-state index contributed by atoms with van der Waals surface area (Å²) >= 11 is 0. The van der Waals surface area contributed by atoms with Crippen molar-refractivity contribution >= 4 is 27.7 Å². The number of amides is 1. The Hall–Kier alpha value is -2.64. The second kappa shape index (κ2) is 9.91. The van der Waals surface area contributed by atoms with E-state index >= 15 is 0 Å². The van der Waals surface area contributed by atoms with Gasteiger partial charge in [0, 0.05) is 50.7 Å². The van der Waals surface area contributed by atoms with Crippen molar-refractivity contribution in [1.82, 2.24) is 9.62 Å². The second-order valence-electron chi connectivity index (χ2n) is 7.71. The number of hydrogen-bond donors (Lipinski definition) is 1. The van der Waals surface area contributed by atoms with E-state index in [9.17, 15) is 13.2 Å². The lowest BCUT2D eigenvalue weighted by Crippen LogP contribution is -2.42. The quantitative estimate of drug-likeness (QED) is 0.737. The van der Waals surface area contributed by atoms with Gasteiger partial charge < -0.3 is 10.2 Å². The molecule has 1 aliphatic rings. The molecule has 30 heavy (non-hydrogen) atoms. The van der Waals surface area contributed by atoms with Crippen molar-refractivity contribution in [2.24, 2.45) is 5.92 Å². The maximum absolute atomic E-state index is 12.6. The van der Waals surface area contributed by atoms with Crippen molar-refractivity contribution in [2.75, 3.05) is 32.1 Å². The number of nitrogens with one attached hydrogen (secondary N) is 1.